The Morgan fingerprint density at radius 1 is 1.10 bits per heavy atom. The van der Waals surface area contributed by atoms with E-state index in [1.54, 1.807) is 18.5 Å². The maximum atomic E-state index is 12.7. The summed E-state index contributed by atoms with van der Waals surface area (Å²) in [5.74, 6) is -0.595. The van der Waals surface area contributed by atoms with Gasteiger partial charge in [-0.3, -0.25) is 14.6 Å². The standard InChI is InChI=1S/C24H27N5O2/c1-4-17-7-5-6-8-20(17)18-11-21(23(27-12-18)24(31)16(2)3)29-22(30)14-26-13-19-9-10-25-15-28-19/h5-12,15-16,26H,4,13-14H2,1-3H3,(H,29,30). The average Bonchev–Trinajstić information content (AvgIpc) is 2.79. The maximum absolute atomic E-state index is 12.7. The van der Waals surface area contributed by atoms with Crippen molar-refractivity contribution in [2.24, 2.45) is 5.92 Å². The fourth-order valence-electron chi connectivity index (χ4n) is 3.21. The van der Waals surface area contributed by atoms with Crippen LogP contribution in [0.25, 0.3) is 11.1 Å². The highest BCUT2D eigenvalue weighted by atomic mass is 16.2. The molecule has 0 aliphatic rings. The highest BCUT2D eigenvalue weighted by Crippen LogP contribution is 2.28. The number of aryl methyl sites for hydroxylation is 1. The molecule has 2 heterocycles. The van der Waals surface area contributed by atoms with Crippen molar-refractivity contribution in [2.75, 3.05) is 11.9 Å². The normalized spacial score (nSPS) is 10.8. The van der Waals surface area contributed by atoms with Crippen molar-refractivity contribution in [1.29, 1.82) is 0 Å². The molecule has 0 saturated heterocycles. The summed E-state index contributed by atoms with van der Waals surface area (Å²) >= 11 is 0. The lowest BCUT2D eigenvalue weighted by atomic mass is 9.97. The number of pyridine rings is 1. The lowest BCUT2D eigenvalue weighted by molar-refractivity contribution is -0.115. The van der Waals surface area contributed by atoms with Crippen molar-refractivity contribution in [3.8, 4) is 11.1 Å². The quantitative estimate of drug-likeness (QED) is 0.516. The van der Waals surface area contributed by atoms with Gasteiger partial charge in [0.05, 0.1) is 17.9 Å². The molecule has 3 aromatic rings. The first kappa shape index (κ1) is 22.2. The molecule has 0 bridgehead atoms. The number of rotatable bonds is 9. The van der Waals surface area contributed by atoms with Crippen LogP contribution in [0.5, 0.6) is 0 Å². The van der Waals surface area contributed by atoms with E-state index < -0.39 is 0 Å². The van der Waals surface area contributed by atoms with Gasteiger partial charge in [-0.15, -0.1) is 0 Å². The molecule has 2 N–H and O–H groups in total. The Labute approximate surface area is 182 Å². The Kier molecular flexibility index (Phi) is 7.56. The van der Waals surface area contributed by atoms with E-state index in [4.69, 9.17) is 0 Å². The molecule has 1 amide bonds. The molecule has 0 aliphatic heterocycles. The number of Topliss-reactive ketones (excluding diaryl/α,β-unsaturated/α-hetero) is 1. The first-order valence-corrected chi connectivity index (χ1v) is 10.4. The second kappa shape index (κ2) is 10.5. The molecule has 0 aliphatic carbocycles. The van der Waals surface area contributed by atoms with Gasteiger partial charge >= 0.3 is 0 Å². The fraction of sp³-hybridized carbons (Fsp3) is 0.292. The molecule has 160 valence electrons. The van der Waals surface area contributed by atoms with Gasteiger partial charge in [0.25, 0.3) is 0 Å². The SMILES string of the molecule is CCc1ccccc1-c1cnc(C(=O)C(C)C)c(NC(=O)CNCc2ccncn2)c1. The molecule has 1 aromatic carbocycles. The van der Waals surface area contributed by atoms with E-state index in [0.29, 0.717) is 12.2 Å². The van der Waals surface area contributed by atoms with Crippen molar-refractivity contribution in [3.05, 3.63) is 72.1 Å². The van der Waals surface area contributed by atoms with Crippen LogP contribution in [0, 0.1) is 5.92 Å². The topological polar surface area (TPSA) is 96.9 Å². The van der Waals surface area contributed by atoms with Crippen molar-refractivity contribution < 1.29 is 9.59 Å². The van der Waals surface area contributed by atoms with Crippen LogP contribution in [0.1, 0.15) is 42.5 Å². The molecule has 2 aromatic heterocycles. The highest BCUT2D eigenvalue weighted by molar-refractivity contribution is 6.05. The van der Waals surface area contributed by atoms with E-state index in [2.05, 4.69) is 38.6 Å². The second-order valence-electron chi connectivity index (χ2n) is 7.50. The van der Waals surface area contributed by atoms with E-state index in [1.165, 1.54) is 11.9 Å². The average molecular weight is 418 g/mol. The molecule has 0 atom stereocenters. The van der Waals surface area contributed by atoms with Gasteiger partial charge in [0.15, 0.2) is 5.78 Å². The van der Waals surface area contributed by atoms with Crippen LogP contribution >= 0.6 is 0 Å². The van der Waals surface area contributed by atoms with Gasteiger partial charge in [0.2, 0.25) is 5.91 Å². The van der Waals surface area contributed by atoms with Gasteiger partial charge in [-0.1, -0.05) is 45.0 Å². The number of carbonyl (C=O) groups excluding carboxylic acids is 2. The smallest absolute Gasteiger partial charge is 0.238 e. The van der Waals surface area contributed by atoms with Crippen LogP contribution in [0.2, 0.25) is 0 Å². The minimum Gasteiger partial charge on any atom is -0.323 e. The number of benzene rings is 1. The lowest BCUT2D eigenvalue weighted by Crippen LogP contribution is -2.29. The number of hydrogen-bond acceptors (Lipinski definition) is 6. The Morgan fingerprint density at radius 3 is 2.61 bits per heavy atom. The molecule has 0 radical (unpaired) electrons. The van der Waals surface area contributed by atoms with Gasteiger partial charge in [-0.25, -0.2) is 9.97 Å². The first-order valence-electron chi connectivity index (χ1n) is 10.4. The third-order valence-corrected chi connectivity index (χ3v) is 4.86. The fourth-order valence-corrected chi connectivity index (χ4v) is 3.21. The zero-order chi connectivity index (χ0) is 22.2. The van der Waals surface area contributed by atoms with E-state index >= 15 is 0 Å². The van der Waals surface area contributed by atoms with Crippen molar-refractivity contribution >= 4 is 17.4 Å². The van der Waals surface area contributed by atoms with Crippen LogP contribution in [0.4, 0.5) is 5.69 Å². The predicted molar refractivity (Wildman–Crippen MR) is 121 cm³/mol. The number of nitrogens with one attached hydrogen (secondary N) is 2. The summed E-state index contributed by atoms with van der Waals surface area (Å²) in [6, 6.07) is 11.7. The number of ketones is 1. The monoisotopic (exact) mass is 417 g/mol. The molecule has 31 heavy (non-hydrogen) atoms. The summed E-state index contributed by atoms with van der Waals surface area (Å²) < 4.78 is 0. The molecule has 7 heteroatoms. The van der Waals surface area contributed by atoms with Crippen LogP contribution < -0.4 is 10.6 Å². The van der Waals surface area contributed by atoms with E-state index in [-0.39, 0.29) is 29.8 Å². The van der Waals surface area contributed by atoms with Crippen molar-refractivity contribution in [3.63, 3.8) is 0 Å². The van der Waals surface area contributed by atoms with E-state index in [9.17, 15) is 9.59 Å². The minimum absolute atomic E-state index is 0.0785. The van der Waals surface area contributed by atoms with Gasteiger partial charge in [0.1, 0.15) is 12.0 Å². The van der Waals surface area contributed by atoms with Crippen LogP contribution in [-0.4, -0.2) is 33.2 Å². The van der Waals surface area contributed by atoms with Gasteiger partial charge in [-0.2, -0.15) is 0 Å². The Bertz CT molecular complexity index is 1050. The minimum atomic E-state index is -0.255. The molecule has 0 saturated carbocycles. The van der Waals surface area contributed by atoms with Crippen LogP contribution in [0.15, 0.2) is 55.1 Å². The zero-order valence-electron chi connectivity index (χ0n) is 18.1. The highest BCUT2D eigenvalue weighted by Gasteiger charge is 2.19. The first-order chi connectivity index (χ1) is 15.0. The Balaban J connectivity index is 1.81. The van der Waals surface area contributed by atoms with Crippen LogP contribution in [-0.2, 0) is 17.8 Å². The number of anilines is 1. The summed E-state index contributed by atoms with van der Waals surface area (Å²) in [4.78, 5) is 37.7. The third kappa shape index (κ3) is 5.79. The van der Waals surface area contributed by atoms with E-state index in [1.807, 2.05) is 38.1 Å². The predicted octanol–water partition coefficient (Wildman–Crippen LogP) is 3.67. The summed E-state index contributed by atoms with van der Waals surface area (Å²) in [7, 11) is 0. The van der Waals surface area contributed by atoms with E-state index in [0.717, 1.165) is 23.2 Å². The zero-order valence-corrected chi connectivity index (χ0v) is 18.1. The number of amides is 1. The largest absolute Gasteiger partial charge is 0.323 e. The second-order valence-corrected chi connectivity index (χ2v) is 7.50. The summed E-state index contributed by atoms with van der Waals surface area (Å²) in [6.45, 7) is 6.25. The summed E-state index contributed by atoms with van der Waals surface area (Å²) in [5.41, 5.74) is 4.57. The van der Waals surface area contributed by atoms with Crippen LogP contribution in [0.3, 0.4) is 0 Å². The maximum Gasteiger partial charge on any atom is 0.238 e. The van der Waals surface area contributed by atoms with Crippen molar-refractivity contribution in [1.82, 2.24) is 20.3 Å². The Hall–Kier alpha value is -3.45. The molecule has 0 unspecified atom stereocenters. The summed E-state index contributed by atoms with van der Waals surface area (Å²) in [5, 5.41) is 5.91. The number of carbonyl (C=O) groups is 2. The lowest BCUT2D eigenvalue weighted by Gasteiger charge is -2.15. The summed E-state index contributed by atoms with van der Waals surface area (Å²) in [6.07, 6.45) is 5.69. The molecule has 3 rings (SSSR count). The number of aromatic nitrogens is 3. The molecular formula is C24H27N5O2. The number of nitrogens with zero attached hydrogens (tertiary/aromatic N) is 3. The molecule has 0 fully saturated rings. The molecule has 0 spiro atoms. The molecule has 7 nitrogen and oxygen atoms in total. The molecular weight excluding hydrogens is 390 g/mol. The van der Waals surface area contributed by atoms with Gasteiger partial charge in [0, 0.05) is 30.4 Å². The Morgan fingerprint density at radius 2 is 1.90 bits per heavy atom. The van der Waals surface area contributed by atoms with Gasteiger partial charge in [-0.05, 0) is 29.7 Å². The number of hydrogen-bond donors (Lipinski definition) is 2. The van der Waals surface area contributed by atoms with Gasteiger partial charge < -0.3 is 10.6 Å². The van der Waals surface area contributed by atoms with Crippen molar-refractivity contribution in [2.45, 2.75) is 33.7 Å². The third-order valence-electron chi connectivity index (χ3n) is 4.86.